The Hall–Kier alpha value is -3.97. The van der Waals surface area contributed by atoms with Crippen molar-refractivity contribution < 1.29 is 14.4 Å². The molecule has 0 heterocycles. The van der Waals surface area contributed by atoms with Crippen molar-refractivity contribution in [2.75, 3.05) is 10.6 Å². The van der Waals surface area contributed by atoms with Crippen molar-refractivity contribution in [1.29, 1.82) is 0 Å². The standard InChI is InChI=1S/C23H19ClN4O3/c1-15-7-6-9-17(13-15)26-21(29)18-10-3-5-12-20(18)27-22(30)23(31)28-25-14-16-8-2-4-11-19(16)24/h2-14H,1H3,(H,26,29)(H,27,30)(H,28,31). The lowest BCUT2D eigenvalue weighted by Gasteiger charge is -2.11. The van der Waals surface area contributed by atoms with Crippen molar-refractivity contribution in [3.05, 3.63) is 94.5 Å². The highest BCUT2D eigenvalue weighted by Gasteiger charge is 2.17. The van der Waals surface area contributed by atoms with Crippen LogP contribution in [0.5, 0.6) is 0 Å². The second-order valence-corrected chi connectivity index (χ2v) is 6.95. The van der Waals surface area contributed by atoms with Gasteiger partial charge in [-0.05, 0) is 42.8 Å². The Morgan fingerprint density at radius 1 is 0.871 bits per heavy atom. The molecule has 3 aromatic rings. The number of carbonyl (C=O) groups is 3. The first kappa shape index (κ1) is 21.7. The zero-order valence-corrected chi connectivity index (χ0v) is 17.3. The fraction of sp³-hybridized carbons (Fsp3) is 0.0435. The van der Waals surface area contributed by atoms with Gasteiger partial charge in [-0.3, -0.25) is 14.4 Å². The molecule has 0 aliphatic heterocycles. The van der Waals surface area contributed by atoms with Crippen LogP contribution in [0.25, 0.3) is 0 Å². The number of amides is 3. The second-order valence-electron chi connectivity index (χ2n) is 6.54. The third-order valence-electron chi connectivity index (χ3n) is 4.18. The fourth-order valence-corrected chi connectivity index (χ4v) is 2.87. The summed E-state index contributed by atoms with van der Waals surface area (Å²) in [6.07, 6.45) is 1.33. The van der Waals surface area contributed by atoms with E-state index >= 15 is 0 Å². The number of hydrogen-bond donors (Lipinski definition) is 3. The van der Waals surface area contributed by atoms with Crippen molar-refractivity contribution >= 4 is 46.9 Å². The fourth-order valence-electron chi connectivity index (χ4n) is 2.68. The number of anilines is 2. The zero-order chi connectivity index (χ0) is 22.2. The molecule has 0 bridgehead atoms. The average molecular weight is 435 g/mol. The number of hydrazone groups is 1. The number of nitrogens with zero attached hydrogens (tertiary/aromatic N) is 1. The van der Waals surface area contributed by atoms with Gasteiger partial charge >= 0.3 is 11.8 Å². The van der Waals surface area contributed by atoms with Crippen LogP contribution in [0.1, 0.15) is 21.5 Å². The molecule has 0 saturated carbocycles. The van der Waals surface area contributed by atoms with Crippen molar-refractivity contribution in [1.82, 2.24) is 5.43 Å². The zero-order valence-electron chi connectivity index (χ0n) is 16.6. The first-order valence-electron chi connectivity index (χ1n) is 9.30. The van der Waals surface area contributed by atoms with Crippen LogP contribution in [0.15, 0.2) is 77.9 Å². The van der Waals surface area contributed by atoms with E-state index in [1.807, 2.05) is 25.1 Å². The van der Waals surface area contributed by atoms with Gasteiger partial charge in [-0.15, -0.1) is 0 Å². The van der Waals surface area contributed by atoms with Gasteiger partial charge in [0.05, 0.1) is 17.5 Å². The van der Waals surface area contributed by atoms with E-state index in [4.69, 9.17) is 11.6 Å². The number of hydrogen-bond acceptors (Lipinski definition) is 4. The lowest BCUT2D eigenvalue weighted by atomic mass is 10.1. The summed E-state index contributed by atoms with van der Waals surface area (Å²) in [5.41, 5.74) is 4.75. The first-order chi connectivity index (χ1) is 14.9. The smallest absolute Gasteiger partial charge is 0.322 e. The van der Waals surface area contributed by atoms with E-state index in [1.165, 1.54) is 12.3 Å². The van der Waals surface area contributed by atoms with E-state index in [1.54, 1.807) is 48.5 Å². The van der Waals surface area contributed by atoms with Crippen LogP contribution >= 0.6 is 11.6 Å². The molecule has 0 unspecified atom stereocenters. The molecule has 0 radical (unpaired) electrons. The molecular weight excluding hydrogens is 416 g/mol. The Morgan fingerprint density at radius 3 is 2.39 bits per heavy atom. The van der Waals surface area contributed by atoms with Gasteiger partial charge in [0.25, 0.3) is 5.91 Å². The number of nitrogens with one attached hydrogen (secondary N) is 3. The van der Waals surface area contributed by atoms with E-state index in [2.05, 4.69) is 21.2 Å². The molecule has 0 spiro atoms. The summed E-state index contributed by atoms with van der Waals surface area (Å²) in [5, 5.41) is 9.40. The second kappa shape index (κ2) is 10.2. The molecule has 0 atom stereocenters. The van der Waals surface area contributed by atoms with Gasteiger partial charge in [-0.1, -0.05) is 54.1 Å². The van der Waals surface area contributed by atoms with E-state index in [9.17, 15) is 14.4 Å². The molecule has 0 aromatic heterocycles. The van der Waals surface area contributed by atoms with Gasteiger partial charge in [-0.2, -0.15) is 5.10 Å². The topological polar surface area (TPSA) is 99.7 Å². The van der Waals surface area contributed by atoms with Crippen molar-refractivity contribution in [2.45, 2.75) is 6.92 Å². The molecule has 156 valence electrons. The summed E-state index contributed by atoms with van der Waals surface area (Å²) >= 11 is 6.00. The third-order valence-corrected chi connectivity index (χ3v) is 4.52. The maximum atomic E-state index is 12.7. The maximum absolute atomic E-state index is 12.7. The van der Waals surface area contributed by atoms with Crippen LogP contribution < -0.4 is 16.1 Å². The third kappa shape index (κ3) is 6.01. The normalized spacial score (nSPS) is 10.5. The summed E-state index contributed by atoms with van der Waals surface area (Å²) in [6, 6.07) is 20.6. The molecule has 0 saturated heterocycles. The number of rotatable bonds is 5. The Balaban J connectivity index is 1.65. The van der Waals surface area contributed by atoms with Crippen LogP contribution in [0, 0.1) is 6.92 Å². The number of aryl methyl sites for hydroxylation is 1. The van der Waals surface area contributed by atoms with E-state index in [0.717, 1.165) is 5.56 Å². The minimum absolute atomic E-state index is 0.197. The van der Waals surface area contributed by atoms with Crippen LogP contribution in [0.3, 0.4) is 0 Å². The molecule has 8 heteroatoms. The van der Waals surface area contributed by atoms with Crippen LogP contribution in [0.2, 0.25) is 5.02 Å². The predicted octanol–water partition coefficient (Wildman–Crippen LogP) is 3.99. The summed E-state index contributed by atoms with van der Waals surface area (Å²) in [7, 11) is 0. The van der Waals surface area contributed by atoms with Crippen LogP contribution in [0.4, 0.5) is 11.4 Å². The number of carbonyl (C=O) groups excluding carboxylic acids is 3. The minimum Gasteiger partial charge on any atom is -0.322 e. The van der Waals surface area contributed by atoms with Gasteiger partial charge in [-0.25, -0.2) is 5.43 Å². The molecule has 0 aliphatic carbocycles. The Labute approximate surface area is 184 Å². The van der Waals surface area contributed by atoms with Gasteiger partial charge in [0, 0.05) is 16.3 Å². The molecule has 3 N–H and O–H groups in total. The van der Waals surface area contributed by atoms with E-state index < -0.39 is 17.7 Å². The molecule has 3 rings (SSSR count). The van der Waals surface area contributed by atoms with E-state index in [0.29, 0.717) is 16.3 Å². The Morgan fingerprint density at radius 2 is 1.61 bits per heavy atom. The number of halogens is 1. The van der Waals surface area contributed by atoms with Crippen LogP contribution in [-0.2, 0) is 9.59 Å². The van der Waals surface area contributed by atoms with Gasteiger partial charge in [0.1, 0.15) is 0 Å². The lowest BCUT2D eigenvalue weighted by Crippen LogP contribution is -2.33. The molecule has 0 fully saturated rings. The minimum atomic E-state index is -0.989. The SMILES string of the molecule is Cc1cccc(NC(=O)c2ccccc2NC(=O)C(=O)NN=Cc2ccccc2Cl)c1. The molecule has 3 amide bonds. The number of benzene rings is 3. The number of para-hydroxylation sites is 1. The van der Waals surface area contributed by atoms with Crippen molar-refractivity contribution in [2.24, 2.45) is 5.10 Å². The predicted molar refractivity (Wildman–Crippen MR) is 121 cm³/mol. The first-order valence-corrected chi connectivity index (χ1v) is 9.68. The Bertz CT molecular complexity index is 1160. The van der Waals surface area contributed by atoms with Gasteiger partial charge in [0.15, 0.2) is 0 Å². The quantitative estimate of drug-likeness (QED) is 0.321. The monoisotopic (exact) mass is 434 g/mol. The van der Waals surface area contributed by atoms with Gasteiger partial charge in [0.2, 0.25) is 0 Å². The summed E-state index contributed by atoms with van der Waals surface area (Å²) in [5.74, 6) is -2.37. The van der Waals surface area contributed by atoms with Crippen LogP contribution in [-0.4, -0.2) is 23.9 Å². The van der Waals surface area contributed by atoms with Gasteiger partial charge < -0.3 is 10.6 Å². The van der Waals surface area contributed by atoms with Crippen molar-refractivity contribution in [3.8, 4) is 0 Å². The molecule has 3 aromatic carbocycles. The highest BCUT2D eigenvalue weighted by atomic mass is 35.5. The van der Waals surface area contributed by atoms with Crippen molar-refractivity contribution in [3.63, 3.8) is 0 Å². The highest BCUT2D eigenvalue weighted by Crippen LogP contribution is 2.18. The largest absolute Gasteiger partial charge is 0.329 e. The highest BCUT2D eigenvalue weighted by molar-refractivity contribution is 6.40. The molecule has 7 nitrogen and oxygen atoms in total. The summed E-state index contributed by atoms with van der Waals surface area (Å²) < 4.78 is 0. The summed E-state index contributed by atoms with van der Waals surface area (Å²) in [6.45, 7) is 1.91. The molecular formula is C23H19ClN4O3. The molecule has 31 heavy (non-hydrogen) atoms. The summed E-state index contributed by atoms with van der Waals surface area (Å²) in [4.78, 5) is 37.0. The lowest BCUT2D eigenvalue weighted by molar-refractivity contribution is -0.136. The Kier molecular flexibility index (Phi) is 7.13. The van der Waals surface area contributed by atoms with E-state index in [-0.39, 0.29) is 11.3 Å². The average Bonchev–Trinajstić information content (AvgIpc) is 2.75. The maximum Gasteiger partial charge on any atom is 0.329 e. The molecule has 0 aliphatic rings.